The van der Waals surface area contributed by atoms with Crippen molar-refractivity contribution in [2.45, 2.75) is 39.2 Å². The smallest absolute Gasteiger partial charge is 0.417 e. The fourth-order valence-electron chi connectivity index (χ4n) is 3.52. The molecule has 151 valence electrons. The molecule has 2 aromatic rings. The van der Waals surface area contributed by atoms with E-state index in [1.807, 2.05) is 75.4 Å². The molecule has 1 heterocycles. The molecule has 0 saturated carbocycles. The van der Waals surface area contributed by atoms with E-state index in [0.717, 1.165) is 34.6 Å². The Balaban J connectivity index is 2.18. The largest absolute Gasteiger partial charge is 0.493 e. The zero-order chi connectivity index (χ0) is 21.1. The maximum Gasteiger partial charge on any atom is 0.417 e. The molecule has 2 aromatic carbocycles. The van der Waals surface area contributed by atoms with Gasteiger partial charge in [-0.3, -0.25) is 12.5 Å². The van der Waals surface area contributed by atoms with Gasteiger partial charge in [-0.05, 0) is 64.0 Å². The van der Waals surface area contributed by atoms with Gasteiger partial charge in [-0.2, -0.15) is 0 Å². The van der Waals surface area contributed by atoms with Gasteiger partial charge in [-0.15, -0.1) is 7.14 Å². The zero-order valence-corrected chi connectivity index (χ0v) is 18.5. The second kappa shape index (κ2) is 8.63. The van der Waals surface area contributed by atoms with Gasteiger partial charge in [0.2, 0.25) is 0 Å². The molecule has 0 saturated heterocycles. The van der Waals surface area contributed by atoms with Crippen LogP contribution in [0.3, 0.4) is 0 Å². The van der Waals surface area contributed by atoms with Gasteiger partial charge < -0.3 is 9.47 Å². The molecule has 4 nitrogen and oxygen atoms in total. The quantitative estimate of drug-likeness (QED) is 0.548. The second-order valence-corrected chi connectivity index (χ2v) is 11.0. The highest BCUT2D eigenvalue weighted by molar-refractivity contribution is 8.11. The first-order valence-corrected chi connectivity index (χ1v) is 11.7. The molecule has 29 heavy (non-hydrogen) atoms. The van der Waals surface area contributed by atoms with Crippen molar-refractivity contribution in [3.63, 3.8) is 0 Å². The van der Waals surface area contributed by atoms with Crippen molar-refractivity contribution >= 4 is 31.4 Å². The molecular weight excluding hydrogens is 380 g/mol. The normalized spacial score (nSPS) is 16.6. The van der Waals surface area contributed by atoms with Crippen LogP contribution in [-0.4, -0.2) is 37.8 Å². The summed E-state index contributed by atoms with van der Waals surface area (Å²) in [7, 11) is 6.33. The van der Waals surface area contributed by atoms with Gasteiger partial charge in [0.15, 0.2) is 5.75 Å². The van der Waals surface area contributed by atoms with Gasteiger partial charge in [-0.1, -0.05) is 30.3 Å². The van der Waals surface area contributed by atoms with Gasteiger partial charge >= 0.3 is 6.09 Å². The monoisotopic (exact) mass is 408 g/mol. The van der Waals surface area contributed by atoms with Gasteiger partial charge in [0.1, 0.15) is 11.0 Å². The number of allylic oxidation sites excluding steroid dienone is 1. The summed E-state index contributed by atoms with van der Waals surface area (Å²) in [5.74, 6) is 0.725. The fraction of sp³-hybridized carbons (Fsp3) is 0.348. The lowest BCUT2D eigenvalue weighted by Crippen LogP contribution is -2.41. The number of carbonyl (C=O) groups is 1. The van der Waals surface area contributed by atoms with Crippen molar-refractivity contribution in [1.29, 1.82) is 0 Å². The standard InChI is InChI=1S/C23H28BNO3P/c1-23(2,3)28-22(26)25-17-11-10-16-21(25)29(24,18-12-6-5-7-13-18)20-15-9-8-14-19(20)27-4/h5-9,12-16H,10-11,17H2,1-4H3. The Labute approximate surface area is 175 Å². The SMILES string of the molecule is [B-][P+](C1=CCCCN1C(=O)OC(C)(C)C)(c1ccccc1)c1ccccc1OC. The van der Waals surface area contributed by atoms with Crippen molar-refractivity contribution < 1.29 is 14.3 Å². The lowest BCUT2D eigenvalue weighted by molar-refractivity contribution is 0.0318. The molecule has 0 bridgehead atoms. The summed E-state index contributed by atoms with van der Waals surface area (Å²) in [5, 5.41) is 1.90. The third kappa shape index (κ3) is 4.51. The Morgan fingerprint density at radius 3 is 2.38 bits per heavy atom. The van der Waals surface area contributed by atoms with Gasteiger partial charge in [0.25, 0.3) is 0 Å². The maximum atomic E-state index is 13.1. The first-order valence-electron chi connectivity index (χ1n) is 9.85. The van der Waals surface area contributed by atoms with Gasteiger partial charge in [0, 0.05) is 6.54 Å². The lowest BCUT2D eigenvalue weighted by atomic mass is 10.2. The summed E-state index contributed by atoms with van der Waals surface area (Å²) >= 11 is 0. The van der Waals surface area contributed by atoms with Gasteiger partial charge in [0.05, 0.1) is 17.7 Å². The topological polar surface area (TPSA) is 38.8 Å². The second-order valence-electron chi connectivity index (χ2n) is 8.07. The molecular formula is C23H28BNO3P. The van der Waals surface area contributed by atoms with Crippen LogP contribution in [0, 0.1) is 0 Å². The van der Waals surface area contributed by atoms with Crippen LogP contribution in [0.15, 0.2) is 66.1 Å². The molecule has 3 rings (SSSR count). The van der Waals surface area contributed by atoms with Crippen molar-refractivity contribution in [1.82, 2.24) is 4.90 Å². The van der Waals surface area contributed by atoms with E-state index in [9.17, 15) is 4.79 Å². The minimum atomic E-state index is -2.62. The zero-order valence-electron chi connectivity index (χ0n) is 17.6. The molecule has 1 aliphatic heterocycles. The third-order valence-corrected chi connectivity index (χ3v) is 8.18. The van der Waals surface area contributed by atoms with Crippen LogP contribution in [0.1, 0.15) is 33.6 Å². The average molecular weight is 408 g/mol. The minimum Gasteiger partial charge on any atom is -0.493 e. The molecule has 0 spiro atoms. The number of amides is 1. The maximum absolute atomic E-state index is 13.1. The van der Waals surface area contributed by atoms with E-state index < -0.39 is 12.7 Å². The van der Waals surface area contributed by atoms with E-state index in [1.165, 1.54) is 0 Å². The van der Waals surface area contributed by atoms with E-state index in [4.69, 9.17) is 17.0 Å². The Kier molecular flexibility index (Phi) is 6.38. The van der Waals surface area contributed by atoms with Crippen molar-refractivity contribution in [3.8, 4) is 5.75 Å². The fourth-order valence-corrected chi connectivity index (χ4v) is 6.77. The highest BCUT2D eigenvalue weighted by Gasteiger charge is 2.40. The predicted octanol–water partition coefficient (Wildman–Crippen LogP) is 4.62. The molecule has 0 N–H and O–H groups in total. The number of ether oxygens (including phenoxy) is 2. The minimum absolute atomic E-state index is 0.357. The number of rotatable bonds is 4. The number of methoxy groups -OCH3 is 1. The van der Waals surface area contributed by atoms with E-state index >= 15 is 0 Å². The Hall–Kier alpha value is -2.26. The van der Waals surface area contributed by atoms with E-state index in [-0.39, 0.29) is 6.09 Å². The molecule has 1 unspecified atom stereocenters. The highest BCUT2D eigenvalue weighted by atomic mass is 31.2. The molecule has 0 aliphatic carbocycles. The summed E-state index contributed by atoms with van der Waals surface area (Å²) in [6.07, 6.45) is 3.49. The first kappa shape index (κ1) is 21.5. The molecule has 0 aromatic heterocycles. The summed E-state index contributed by atoms with van der Waals surface area (Å²) < 4.78 is 11.4. The summed E-state index contributed by atoms with van der Waals surface area (Å²) in [6.45, 7) is 6.21. The van der Waals surface area contributed by atoms with Crippen LogP contribution >= 0.6 is 7.14 Å². The van der Waals surface area contributed by atoms with E-state index in [2.05, 4.69) is 6.08 Å². The average Bonchev–Trinajstić information content (AvgIpc) is 2.72. The van der Waals surface area contributed by atoms with E-state index in [1.54, 1.807) is 12.0 Å². The molecule has 1 amide bonds. The third-order valence-electron chi connectivity index (χ3n) is 4.79. The molecule has 0 fully saturated rings. The number of carbonyl (C=O) groups excluding carboxylic acids is 1. The Morgan fingerprint density at radius 2 is 1.72 bits per heavy atom. The van der Waals surface area contributed by atoms with Crippen molar-refractivity contribution in [2.24, 2.45) is 0 Å². The van der Waals surface area contributed by atoms with Crippen molar-refractivity contribution in [2.75, 3.05) is 13.7 Å². The number of hydrogen-bond donors (Lipinski definition) is 0. The van der Waals surface area contributed by atoms with Crippen LogP contribution in [-0.2, 0) is 4.74 Å². The highest BCUT2D eigenvalue weighted by Crippen LogP contribution is 2.62. The predicted molar refractivity (Wildman–Crippen MR) is 122 cm³/mol. The van der Waals surface area contributed by atoms with Gasteiger partial charge in [-0.25, -0.2) is 4.79 Å². The number of nitrogens with zero attached hydrogens (tertiary/aromatic N) is 1. The molecule has 1 aliphatic rings. The van der Waals surface area contributed by atoms with Crippen LogP contribution in [0.25, 0.3) is 0 Å². The molecule has 6 heteroatoms. The molecule has 3 radical (unpaired) electrons. The number of hydrogen-bond acceptors (Lipinski definition) is 3. The first-order chi connectivity index (χ1) is 13.8. The summed E-state index contributed by atoms with van der Waals surface area (Å²) in [5.41, 5.74) is 0.251. The van der Waals surface area contributed by atoms with Crippen LogP contribution in [0.2, 0.25) is 0 Å². The Morgan fingerprint density at radius 1 is 1.07 bits per heavy atom. The van der Waals surface area contributed by atoms with Crippen LogP contribution in [0.4, 0.5) is 4.79 Å². The van der Waals surface area contributed by atoms with Crippen molar-refractivity contribution in [3.05, 3.63) is 66.1 Å². The number of para-hydroxylation sites is 1. The lowest BCUT2D eigenvalue weighted by Gasteiger charge is -2.44. The number of benzene rings is 2. The van der Waals surface area contributed by atoms with Crippen LogP contribution in [0.5, 0.6) is 5.75 Å². The summed E-state index contributed by atoms with van der Waals surface area (Å²) in [6, 6.07) is 17.8. The summed E-state index contributed by atoms with van der Waals surface area (Å²) in [4.78, 5) is 14.8. The van der Waals surface area contributed by atoms with Crippen LogP contribution < -0.4 is 15.3 Å². The Bertz CT molecular complexity index is 894. The molecule has 1 atom stereocenters. The van der Waals surface area contributed by atoms with E-state index in [0.29, 0.717) is 6.54 Å².